The number of carbonyl (C=O) groups excluding carboxylic acids is 2. The van der Waals surface area contributed by atoms with Gasteiger partial charge in [0.25, 0.3) is 0 Å². The van der Waals surface area contributed by atoms with Gasteiger partial charge in [-0.1, -0.05) is 0 Å². The van der Waals surface area contributed by atoms with Crippen molar-refractivity contribution >= 4 is 44.3 Å². The number of benzene rings is 1. The van der Waals surface area contributed by atoms with E-state index in [1.165, 1.54) is 11.3 Å². The average Bonchev–Trinajstić information content (AvgIpc) is 3.12. The minimum atomic E-state index is -0.551. The number of nitrogens with zero attached hydrogens (tertiary/aromatic N) is 1. The summed E-state index contributed by atoms with van der Waals surface area (Å²) in [5.74, 6) is 0.657. The van der Waals surface area contributed by atoms with Crippen molar-refractivity contribution in [3.8, 4) is 5.75 Å². The fourth-order valence-electron chi connectivity index (χ4n) is 2.68. The highest BCUT2D eigenvalue weighted by Gasteiger charge is 2.20. The summed E-state index contributed by atoms with van der Waals surface area (Å²) in [6.07, 6.45) is 0.173. The van der Waals surface area contributed by atoms with Crippen LogP contribution >= 0.6 is 11.3 Å². The average molecular weight is 375 g/mol. The van der Waals surface area contributed by atoms with E-state index in [1.807, 2.05) is 6.07 Å². The Labute approximate surface area is 155 Å². The molecule has 0 atom stereocenters. The molecule has 3 rings (SSSR count). The smallest absolute Gasteiger partial charge is 0.306 e. The third-order valence-electron chi connectivity index (χ3n) is 3.71. The molecule has 0 aliphatic carbocycles. The van der Waals surface area contributed by atoms with Crippen molar-refractivity contribution in [1.82, 2.24) is 4.98 Å². The molecule has 6 nitrogen and oxygen atoms in total. The third-order valence-corrected chi connectivity index (χ3v) is 4.83. The lowest BCUT2D eigenvalue weighted by molar-refractivity contribution is -0.154. The highest BCUT2D eigenvalue weighted by Crippen LogP contribution is 2.38. The summed E-state index contributed by atoms with van der Waals surface area (Å²) in [5, 5.41) is 0.850. The maximum atomic E-state index is 12.5. The van der Waals surface area contributed by atoms with E-state index < -0.39 is 5.60 Å². The minimum Gasteiger partial charge on any atom is -0.493 e. The van der Waals surface area contributed by atoms with E-state index in [-0.39, 0.29) is 24.6 Å². The predicted molar refractivity (Wildman–Crippen MR) is 100 cm³/mol. The van der Waals surface area contributed by atoms with Gasteiger partial charge in [0.1, 0.15) is 11.1 Å². The number of thiophene rings is 1. The van der Waals surface area contributed by atoms with Gasteiger partial charge in [-0.2, -0.15) is 0 Å². The van der Waals surface area contributed by atoms with E-state index in [0.29, 0.717) is 27.6 Å². The molecule has 0 spiro atoms. The van der Waals surface area contributed by atoms with E-state index in [2.05, 4.69) is 4.98 Å². The molecule has 0 fully saturated rings. The monoisotopic (exact) mass is 375 g/mol. The molecule has 0 bridgehead atoms. The summed E-state index contributed by atoms with van der Waals surface area (Å²) in [5.41, 5.74) is 0.701. The van der Waals surface area contributed by atoms with Crippen LogP contribution in [0.15, 0.2) is 16.5 Å². The van der Waals surface area contributed by atoms with Crippen LogP contribution in [0.2, 0.25) is 0 Å². The number of hydrogen-bond acceptors (Lipinski definition) is 7. The Morgan fingerprint density at radius 3 is 2.62 bits per heavy atom. The third kappa shape index (κ3) is 3.72. The molecule has 0 saturated heterocycles. The van der Waals surface area contributed by atoms with Crippen molar-refractivity contribution in [1.29, 1.82) is 0 Å². The van der Waals surface area contributed by atoms with Gasteiger partial charge in [-0.25, -0.2) is 4.98 Å². The van der Waals surface area contributed by atoms with E-state index in [1.54, 1.807) is 40.9 Å². The van der Waals surface area contributed by atoms with Gasteiger partial charge >= 0.3 is 5.97 Å². The van der Waals surface area contributed by atoms with E-state index in [9.17, 15) is 9.59 Å². The molecule has 2 aromatic heterocycles. The number of ether oxygens (including phenoxy) is 2. The Kier molecular flexibility index (Phi) is 4.75. The summed E-state index contributed by atoms with van der Waals surface area (Å²) in [6.45, 7) is 7.18. The number of fused-ring (bicyclic) bond motifs is 3. The Morgan fingerprint density at radius 1 is 1.23 bits per heavy atom. The van der Waals surface area contributed by atoms with Crippen LogP contribution in [0.3, 0.4) is 0 Å². The van der Waals surface area contributed by atoms with Crippen molar-refractivity contribution in [3.63, 3.8) is 0 Å². The second-order valence-electron chi connectivity index (χ2n) is 7.02. The zero-order chi connectivity index (χ0) is 19.1. The maximum absolute atomic E-state index is 12.5. The second-order valence-corrected chi connectivity index (χ2v) is 8.11. The lowest BCUT2D eigenvalue weighted by Crippen LogP contribution is -2.24. The SMILES string of the molecule is COc1cc2sc(C(=O)CCC(=O)OC(C)(C)C)cc2c2nc(C)oc12. The highest BCUT2D eigenvalue weighted by molar-refractivity contribution is 7.21. The van der Waals surface area contributed by atoms with Crippen LogP contribution in [0.25, 0.3) is 21.2 Å². The minimum absolute atomic E-state index is 0.0617. The Morgan fingerprint density at radius 2 is 1.96 bits per heavy atom. The van der Waals surface area contributed by atoms with Crippen LogP contribution in [0, 0.1) is 6.92 Å². The fourth-order valence-corrected chi connectivity index (χ4v) is 3.74. The quantitative estimate of drug-likeness (QED) is 0.476. The maximum Gasteiger partial charge on any atom is 0.306 e. The molecule has 7 heteroatoms. The highest BCUT2D eigenvalue weighted by atomic mass is 32.1. The molecule has 0 aliphatic heterocycles. The summed E-state index contributed by atoms with van der Waals surface area (Å²) >= 11 is 1.36. The molecule has 0 N–H and O–H groups in total. The van der Waals surface area contributed by atoms with Gasteiger partial charge in [-0.15, -0.1) is 11.3 Å². The number of aromatic nitrogens is 1. The number of carbonyl (C=O) groups is 2. The lowest BCUT2D eigenvalue weighted by Gasteiger charge is -2.19. The van der Waals surface area contributed by atoms with Gasteiger partial charge in [0, 0.05) is 29.5 Å². The zero-order valence-corrected chi connectivity index (χ0v) is 16.3. The second kappa shape index (κ2) is 6.72. The largest absolute Gasteiger partial charge is 0.493 e. The van der Waals surface area contributed by atoms with Crippen molar-refractivity contribution in [2.75, 3.05) is 7.11 Å². The topological polar surface area (TPSA) is 78.6 Å². The summed E-state index contributed by atoms with van der Waals surface area (Å²) < 4.78 is 17.1. The molecule has 3 aromatic rings. The van der Waals surface area contributed by atoms with Crippen molar-refractivity contribution in [2.45, 2.75) is 46.1 Å². The van der Waals surface area contributed by atoms with Crippen LogP contribution in [0.4, 0.5) is 0 Å². The van der Waals surface area contributed by atoms with E-state index in [0.717, 1.165) is 10.1 Å². The van der Waals surface area contributed by atoms with Gasteiger partial charge in [-0.05, 0) is 26.8 Å². The van der Waals surface area contributed by atoms with Crippen molar-refractivity contribution < 1.29 is 23.5 Å². The number of ketones is 1. The van der Waals surface area contributed by atoms with Gasteiger partial charge in [0.05, 0.1) is 18.4 Å². The van der Waals surface area contributed by atoms with Gasteiger partial charge in [0.2, 0.25) is 0 Å². The van der Waals surface area contributed by atoms with Gasteiger partial charge in [-0.3, -0.25) is 9.59 Å². The first-order valence-corrected chi connectivity index (χ1v) is 9.12. The zero-order valence-electron chi connectivity index (χ0n) is 15.5. The fraction of sp³-hybridized carbons (Fsp3) is 0.421. The first kappa shape index (κ1) is 18.4. The van der Waals surface area contributed by atoms with Crippen LogP contribution in [-0.2, 0) is 9.53 Å². The number of methoxy groups -OCH3 is 1. The molecule has 0 amide bonds. The Hall–Kier alpha value is -2.41. The molecule has 138 valence electrons. The van der Waals surface area contributed by atoms with Gasteiger partial charge in [0.15, 0.2) is 23.0 Å². The summed E-state index contributed by atoms with van der Waals surface area (Å²) in [7, 11) is 1.57. The molecule has 0 aliphatic rings. The number of aryl methyl sites for hydroxylation is 1. The number of hydrogen-bond donors (Lipinski definition) is 0. The molecular weight excluding hydrogens is 354 g/mol. The molecule has 0 saturated carbocycles. The molecule has 1 aromatic carbocycles. The van der Waals surface area contributed by atoms with Crippen molar-refractivity contribution in [3.05, 3.63) is 22.9 Å². The first-order chi connectivity index (χ1) is 12.2. The number of oxazole rings is 1. The Bertz CT molecular complexity index is 993. The lowest BCUT2D eigenvalue weighted by atomic mass is 10.1. The van der Waals surface area contributed by atoms with Crippen molar-refractivity contribution in [2.24, 2.45) is 0 Å². The predicted octanol–water partition coefficient (Wildman–Crippen LogP) is 4.66. The van der Waals surface area contributed by atoms with E-state index in [4.69, 9.17) is 13.9 Å². The molecular formula is C19H21NO5S. The first-order valence-electron chi connectivity index (χ1n) is 8.30. The van der Waals surface area contributed by atoms with E-state index >= 15 is 0 Å². The van der Waals surface area contributed by atoms with Gasteiger partial charge < -0.3 is 13.9 Å². The molecule has 0 radical (unpaired) electrons. The number of esters is 1. The summed E-state index contributed by atoms with van der Waals surface area (Å²) in [4.78, 5) is 29.3. The standard InChI is InChI=1S/C19H21NO5S/c1-10-20-17-11-8-15(12(21)6-7-16(22)25-19(2,3)4)26-14(11)9-13(23-5)18(17)24-10/h8-9H,6-7H2,1-5H3. The molecule has 2 heterocycles. The molecule has 26 heavy (non-hydrogen) atoms. The van der Waals surface area contributed by atoms with Crippen LogP contribution in [0.1, 0.15) is 49.2 Å². The number of Topliss-reactive ketones (excluding diaryl/α,β-unsaturated/α-hetero) is 1. The van der Waals surface area contributed by atoms with Crippen LogP contribution in [0.5, 0.6) is 5.75 Å². The molecule has 0 unspecified atom stereocenters. The summed E-state index contributed by atoms with van der Waals surface area (Å²) in [6, 6.07) is 3.65. The van der Waals surface area contributed by atoms with Crippen LogP contribution in [-0.4, -0.2) is 29.4 Å². The normalized spacial score (nSPS) is 11.9. The van der Waals surface area contributed by atoms with Crippen LogP contribution < -0.4 is 4.74 Å². The number of rotatable bonds is 5. The Balaban J connectivity index is 1.86.